The molecule has 0 saturated heterocycles. The molecule has 0 N–H and O–H groups in total. The topological polar surface area (TPSA) is 0 Å². The van der Waals surface area contributed by atoms with Gasteiger partial charge in [0.1, 0.15) is 0 Å². The molecular weight excluding hydrogens is 399 g/mol. The van der Waals surface area contributed by atoms with Crippen LogP contribution in [0.2, 0.25) is 0 Å². The third-order valence-electron chi connectivity index (χ3n) is 6.73. The predicted molar refractivity (Wildman–Crippen MR) is 129 cm³/mol. The highest BCUT2D eigenvalue weighted by molar-refractivity contribution is 9.36. The maximum atomic E-state index is 3.54. The van der Waals surface area contributed by atoms with Gasteiger partial charge in [0, 0.05) is 0 Å². The standard InChI is InChI=1S/C24H50BrP/c1-4-24(5-2,6-3)22-20-18-16-14-12-10-8-7-9-11-13-15-17-19-21-23-26-25/h26H,4-23H2,1-3H3. The van der Waals surface area contributed by atoms with Crippen molar-refractivity contribution >= 4 is 22.8 Å². The van der Waals surface area contributed by atoms with Crippen LogP contribution in [0.3, 0.4) is 0 Å². The Morgan fingerprint density at radius 2 is 0.808 bits per heavy atom. The highest BCUT2D eigenvalue weighted by Crippen LogP contribution is 2.36. The monoisotopic (exact) mass is 448 g/mol. The Balaban J connectivity index is 3.20. The smallest absolute Gasteiger partial charge is 0.0255 e. The van der Waals surface area contributed by atoms with Gasteiger partial charge >= 0.3 is 0 Å². The fourth-order valence-corrected chi connectivity index (χ4v) is 5.49. The number of unbranched alkanes of at least 4 members (excludes halogenated alkanes) is 14. The van der Waals surface area contributed by atoms with E-state index in [1.54, 1.807) is 0 Å². The van der Waals surface area contributed by atoms with Crippen molar-refractivity contribution in [2.75, 3.05) is 6.16 Å². The van der Waals surface area contributed by atoms with Crippen LogP contribution in [-0.2, 0) is 0 Å². The molecule has 0 spiro atoms. The van der Waals surface area contributed by atoms with E-state index in [4.69, 9.17) is 0 Å². The fraction of sp³-hybridized carbons (Fsp3) is 1.00. The van der Waals surface area contributed by atoms with Crippen molar-refractivity contribution < 1.29 is 0 Å². The number of halogens is 1. The number of hydrogen-bond donors (Lipinski definition) is 0. The Kier molecular flexibility index (Phi) is 21.4. The lowest BCUT2D eigenvalue weighted by Gasteiger charge is -2.30. The van der Waals surface area contributed by atoms with Gasteiger partial charge in [0.25, 0.3) is 0 Å². The van der Waals surface area contributed by atoms with Gasteiger partial charge in [-0.2, -0.15) is 0 Å². The van der Waals surface area contributed by atoms with Crippen molar-refractivity contribution in [1.29, 1.82) is 0 Å². The Hall–Kier alpha value is 0.910. The van der Waals surface area contributed by atoms with Crippen LogP contribution in [0, 0.1) is 5.41 Å². The minimum atomic E-state index is 0.661. The molecule has 0 aromatic rings. The zero-order valence-corrected chi connectivity index (χ0v) is 21.1. The summed E-state index contributed by atoms with van der Waals surface area (Å²) in [5.41, 5.74) is 0.661. The Morgan fingerprint density at radius 3 is 1.12 bits per heavy atom. The molecule has 2 heteroatoms. The van der Waals surface area contributed by atoms with Gasteiger partial charge < -0.3 is 0 Å². The first-order chi connectivity index (χ1) is 12.7. The maximum Gasteiger partial charge on any atom is -0.0255 e. The molecule has 0 amide bonds. The lowest BCUT2D eigenvalue weighted by atomic mass is 9.75. The van der Waals surface area contributed by atoms with Crippen LogP contribution < -0.4 is 0 Å². The summed E-state index contributed by atoms with van der Waals surface area (Å²) in [6.07, 6.45) is 29.0. The summed E-state index contributed by atoms with van der Waals surface area (Å²) in [6.45, 7) is 7.16. The van der Waals surface area contributed by atoms with E-state index in [1.807, 2.05) is 0 Å². The van der Waals surface area contributed by atoms with Gasteiger partial charge in [-0.15, -0.1) is 0 Å². The Labute approximate surface area is 177 Å². The van der Waals surface area contributed by atoms with Crippen LogP contribution in [0.5, 0.6) is 0 Å². The van der Waals surface area contributed by atoms with Crippen molar-refractivity contribution in [1.82, 2.24) is 0 Å². The average molecular weight is 450 g/mol. The molecule has 0 bridgehead atoms. The van der Waals surface area contributed by atoms with E-state index >= 15 is 0 Å². The summed E-state index contributed by atoms with van der Waals surface area (Å²) in [5, 5.41) is 0. The lowest BCUT2D eigenvalue weighted by molar-refractivity contribution is 0.220. The average Bonchev–Trinajstić information content (AvgIpc) is 2.68. The SMILES string of the molecule is CCC(CC)(CC)CCCCCCCCCCCCCCCCCPBr. The van der Waals surface area contributed by atoms with E-state index < -0.39 is 0 Å². The molecule has 0 aromatic carbocycles. The van der Waals surface area contributed by atoms with Crippen molar-refractivity contribution in [2.45, 2.75) is 143 Å². The summed E-state index contributed by atoms with van der Waals surface area (Å²) in [5.74, 6) is 0. The van der Waals surface area contributed by atoms with Gasteiger partial charge in [-0.25, -0.2) is 0 Å². The molecule has 26 heavy (non-hydrogen) atoms. The van der Waals surface area contributed by atoms with Gasteiger partial charge in [0.15, 0.2) is 0 Å². The molecular formula is C24H50BrP. The van der Waals surface area contributed by atoms with Crippen molar-refractivity contribution in [2.24, 2.45) is 5.41 Å². The zero-order chi connectivity index (χ0) is 19.3. The van der Waals surface area contributed by atoms with E-state index in [2.05, 4.69) is 36.3 Å². The van der Waals surface area contributed by atoms with Gasteiger partial charge in [-0.05, 0) is 24.4 Å². The molecule has 0 saturated carbocycles. The van der Waals surface area contributed by atoms with E-state index in [9.17, 15) is 0 Å². The molecule has 0 nitrogen and oxygen atoms in total. The number of rotatable bonds is 21. The largest absolute Gasteiger partial charge is 0.0649 e. The van der Waals surface area contributed by atoms with Crippen molar-refractivity contribution in [3.8, 4) is 0 Å². The Bertz CT molecular complexity index is 255. The number of hydrogen-bond acceptors (Lipinski definition) is 0. The molecule has 0 aliphatic rings. The van der Waals surface area contributed by atoms with E-state index in [1.165, 1.54) is 128 Å². The van der Waals surface area contributed by atoms with Crippen molar-refractivity contribution in [3.05, 3.63) is 0 Å². The molecule has 1 unspecified atom stereocenters. The lowest BCUT2D eigenvalue weighted by Crippen LogP contribution is -2.17. The van der Waals surface area contributed by atoms with E-state index in [-0.39, 0.29) is 0 Å². The van der Waals surface area contributed by atoms with Crippen LogP contribution in [0.1, 0.15) is 143 Å². The summed E-state index contributed by atoms with van der Waals surface area (Å²) >= 11 is 3.54. The van der Waals surface area contributed by atoms with Crippen LogP contribution in [0.4, 0.5) is 0 Å². The van der Waals surface area contributed by atoms with Gasteiger partial charge in [-0.1, -0.05) is 153 Å². The molecule has 0 heterocycles. The third-order valence-corrected chi connectivity index (χ3v) is 8.46. The minimum Gasteiger partial charge on any atom is -0.0649 e. The summed E-state index contributed by atoms with van der Waals surface area (Å²) < 4.78 is 0. The second-order valence-electron chi connectivity index (χ2n) is 8.50. The molecule has 0 rings (SSSR count). The first-order valence-corrected chi connectivity index (χ1v) is 15.5. The summed E-state index contributed by atoms with van der Waals surface area (Å²) in [7, 11) is 0.978. The van der Waals surface area contributed by atoms with Crippen LogP contribution in [-0.4, -0.2) is 6.16 Å². The second-order valence-corrected chi connectivity index (χ2v) is 10.9. The highest BCUT2D eigenvalue weighted by atomic mass is 79.9. The van der Waals surface area contributed by atoms with Crippen LogP contribution >= 0.6 is 22.8 Å². The fourth-order valence-electron chi connectivity index (χ4n) is 4.27. The Morgan fingerprint density at radius 1 is 0.500 bits per heavy atom. The third kappa shape index (κ3) is 15.9. The minimum absolute atomic E-state index is 0.661. The van der Waals surface area contributed by atoms with E-state index in [0.29, 0.717) is 5.41 Å². The second kappa shape index (κ2) is 20.6. The van der Waals surface area contributed by atoms with Crippen molar-refractivity contribution in [3.63, 3.8) is 0 Å². The molecule has 0 radical (unpaired) electrons. The highest BCUT2D eigenvalue weighted by Gasteiger charge is 2.22. The van der Waals surface area contributed by atoms with Crippen LogP contribution in [0.25, 0.3) is 0 Å². The molecule has 0 aromatic heterocycles. The molecule has 0 aliphatic heterocycles. The first kappa shape index (κ1) is 26.9. The normalized spacial score (nSPS) is 12.5. The molecule has 0 aliphatic carbocycles. The first-order valence-electron chi connectivity index (χ1n) is 12.1. The van der Waals surface area contributed by atoms with Gasteiger partial charge in [0.2, 0.25) is 0 Å². The molecule has 158 valence electrons. The predicted octanol–water partition coefficient (Wildman–Crippen LogP) is 10.4. The molecule has 0 fully saturated rings. The zero-order valence-electron chi connectivity index (χ0n) is 18.5. The van der Waals surface area contributed by atoms with Crippen LogP contribution in [0.15, 0.2) is 0 Å². The van der Waals surface area contributed by atoms with E-state index in [0.717, 1.165) is 7.28 Å². The maximum absolute atomic E-state index is 3.54. The molecule has 1 atom stereocenters. The van der Waals surface area contributed by atoms with Gasteiger partial charge in [-0.3, -0.25) is 0 Å². The summed E-state index contributed by atoms with van der Waals surface area (Å²) in [4.78, 5) is 0. The quantitative estimate of drug-likeness (QED) is 0.121. The van der Waals surface area contributed by atoms with Gasteiger partial charge in [0.05, 0.1) is 0 Å². The summed E-state index contributed by atoms with van der Waals surface area (Å²) in [6, 6.07) is 0.